The number of hydrogen-bond acceptors (Lipinski definition) is 2. The van der Waals surface area contributed by atoms with Crippen LogP contribution in [-0.2, 0) is 11.2 Å². The van der Waals surface area contributed by atoms with Crippen molar-refractivity contribution in [2.24, 2.45) is 0 Å². The van der Waals surface area contributed by atoms with Gasteiger partial charge in [0, 0.05) is 28.4 Å². The molecule has 2 amide bonds. The number of rotatable bonds is 4. The Morgan fingerprint density at radius 3 is 2.19 bits per heavy atom. The van der Waals surface area contributed by atoms with E-state index in [4.69, 9.17) is 11.6 Å². The van der Waals surface area contributed by atoms with Gasteiger partial charge in [0.1, 0.15) is 0 Å². The number of hydrogen-bond donors (Lipinski definition) is 1. The second-order valence-electron chi connectivity index (χ2n) is 7.27. The summed E-state index contributed by atoms with van der Waals surface area (Å²) in [4.78, 5) is 27.0. The summed E-state index contributed by atoms with van der Waals surface area (Å²) in [5.41, 5.74) is 2.24. The standard InChI is InChI=1S/C22H25ClN2O2/c1-15-4-3-5-16(2)25(15)22(27)18-8-12-20(13-9-18)24-21(26)14-17-6-10-19(23)11-7-17/h6-13,15-16H,3-5,14H2,1-2H3,(H,24,26)/t15-,16+. The van der Waals surface area contributed by atoms with Gasteiger partial charge < -0.3 is 10.2 Å². The number of piperidine rings is 1. The molecule has 0 bridgehead atoms. The number of benzene rings is 2. The second kappa shape index (κ2) is 8.57. The summed E-state index contributed by atoms with van der Waals surface area (Å²) in [6.07, 6.45) is 3.55. The van der Waals surface area contributed by atoms with E-state index in [1.54, 1.807) is 36.4 Å². The Morgan fingerprint density at radius 1 is 1.00 bits per heavy atom. The molecule has 1 saturated heterocycles. The Kier molecular flexibility index (Phi) is 6.17. The number of nitrogens with one attached hydrogen (secondary N) is 1. The zero-order valence-corrected chi connectivity index (χ0v) is 16.5. The smallest absolute Gasteiger partial charge is 0.254 e. The third-order valence-corrected chi connectivity index (χ3v) is 5.37. The van der Waals surface area contributed by atoms with Crippen LogP contribution in [0.3, 0.4) is 0 Å². The first kappa shape index (κ1) is 19.4. The normalized spacial score (nSPS) is 19.6. The molecule has 1 heterocycles. The van der Waals surface area contributed by atoms with Crippen molar-refractivity contribution in [3.05, 3.63) is 64.7 Å². The first-order valence-electron chi connectivity index (χ1n) is 9.41. The van der Waals surface area contributed by atoms with Crippen molar-refractivity contribution in [1.29, 1.82) is 0 Å². The number of nitrogens with zero attached hydrogens (tertiary/aromatic N) is 1. The van der Waals surface area contributed by atoms with Gasteiger partial charge in [-0.15, -0.1) is 0 Å². The van der Waals surface area contributed by atoms with Crippen LogP contribution in [0.25, 0.3) is 0 Å². The summed E-state index contributed by atoms with van der Waals surface area (Å²) in [7, 11) is 0. The summed E-state index contributed by atoms with van der Waals surface area (Å²) >= 11 is 5.86. The van der Waals surface area contributed by atoms with Crippen molar-refractivity contribution in [3.8, 4) is 0 Å². The van der Waals surface area contributed by atoms with E-state index >= 15 is 0 Å². The maximum absolute atomic E-state index is 12.9. The highest BCUT2D eigenvalue weighted by Gasteiger charge is 2.29. The van der Waals surface area contributed by atoms with E-state index in [9.17, 15) is 9.59 Å². The largest absolute Gasteiger partial charge is 0.333 e. The fourth-order valence-corrected chi connectivity index (χ4v) is 3.79. The Labute approximate surface area is 165 Å². The molecule has 0 unspecified atom stereocenters. The number of halogens is 1. The highest BCUT2D eigenvalue weighted by molar-refractivity contribution is 6.30. The monoisotopic (exact) mass is 384 g/mol. The van der Waals surface area contributed by atoms with E-state index in [0.717, 1.165) is 18.4 Å². The van der Waals surface area contributed by atoms with Gasteiger partial charge in [0.15, 0.2) is 0 Å². The third-order valence-electron chi connectivity index (χ3n) is 5.12. The highest BCUT2D eigenvalue weighted by Crippen LogP contribution is 2.25. The lowest BCUT2D eigenvalue weighted by Gasteiger charge is -2.39. The molecule has 27 heavy (non-hydrogen) atoms. The van der Waals surface area contributed by atoms with Gasteiger partial charge >= 0.3 is 0 Å². The van der Waals surface area contributed by atoms with Crippen LogP contribution in [0.4, 0.5) is 5.69 Å². The lowest BCUT2D eigenvalue weighted by atomic mass is 9.96. The molecule has 3 rings (SSSR count). The molecule has 1 fully saturated rings. The predicted molar refractivity (Wildman–Crippen MR) is 109 cm³/mol. The molecule has 5 heteroatoms. The van der Waals surface area contributed by atoms with Gasteiger partial charge in [-0.1, -0.05) is 23.7 Å². The zero-order chi connectivity index (χ0) is 19.4. The molecule has 0 saturated carbocycles. The van der Waals surface area contributed by atoms with Crippen LogP contribution in [0.15, 0.2) is 48.5 Å². The van der Waals surface area contributed by atoms with Crippen LogP contribution in [-0.4, -0.2) is 28.8 Å². The summed E-state index contributed by atoms with van der Waals surface area (Å²) in [6.45, 7) is 4.22. The van der Waals surface area contributed by atoms with Crippen LogP contribution >= 0.6 is 11.6 Å². The SMILES string of the molecule is C[C@@H]1CCC[C@H](C)N1C(=O)c1ccc(NC(=O)Cc2ccc(Cl)cc2)cc1. The Balaban J connectivity index is 1.62. The first-order valence-corrected chi connectivity index (χ1v) is 9.79. The fourth-order valence-electron chi connectivity index (χ4n) is 3.66. The third kappa shape index (κ3) is 4.89. The molecule has 142 valence electrons. The Morgan fingerprint density at radius 2 is 1.59 bits per heavy atom. The molecule has 0 aliphatic carbocycles. The van der Waals surface area contributed by atoms with Crippen LogP contribution in [0.5, 0.6) is 0 Å². The van der Waals surface area contributed by atoms with Crippen LogP contribution in [0, 0.1) is 0 Å². The van der Waals surface area contributed by atoms with Gasteiger partial charge in [-0.2, -0.15) is 0 Å². The van der Waals surface area contributed by atoms with E-state index < -0.39 is 0 Å². The molecular weight excluding hydrogens is 360 g/mol. The number of amides is 2. The molecule has 2 aromatic carbocycles. The molecule has 0 radical (unpaired) electrons. The molecule has 1 aliphatic heterocycles. The molecule has 0 spiro atoms. The van der Waals surface area contributed by atoms with Crippen LogP contribution in [0.1, 0.15) is 49.0 Å². The van der Waals surface area contributed by atoms with Crippen LogP contribution in [0.2, 0.25) is 5.02 Å². The Bertz CT molecular complexity index is 792. The van der Waals surface area contributed by atoms with Gasteiger partial charge in [0.05, 0.1) is 6.42 Å². The van der Waals surface area contributed by atoms with E-state index in [2.05, 4.69) is 19.2 Å². The fraction of sp³-hybridized carbons (Fsp3) is 0.364. The quantitative estimate of drug-likeness (QED) is 0.812. The van der Waals surface area contributed by atoms with Gasteiger partial charge in [0.2, 0.25) is 5.91 Å². The van der Waals surface area contributed by atoms with Gasteiger partial charge in [-0.05, 0) is 75.1 Å². The zero-order valence-electron chi connectivity index (χ0n) is 15.7. The number of anilines is 1. The predicted octanol–water partition coefficient (Wildman–Crippen LogP) is 4.92. The minimum Gasteiger partial charge on any atom is -0.333 e. The van der Waals surface area contributed by atoms with E-state index in [1.165, 1.54) is 6.42 Å². The molecular formula is C22H25ClN2O2. The average Bonchev–Trinajstić information content (AvgIpc) is 2.64. The maximum Gasteiger partial charge on any atom is 0.254 e. The van der Waals surface area contributed by atoms with E-state index in [-0.39, 0.29) is 30.3 Å². The summed E-state index contributed by atoms with van der Waals surface area (Å²) in [5, 5.41) is 3.52. The molecule has 2 aromatic rings. The topological polar surface area (TPSA) is 49.4 Å². The summed E-state index contributed by atoms with van der Waals surface area (Å²) in [5.74, 6) is -0.0385. The lowest BCUT2D eigenvalue weighted by Crippen LogP contribution is -2.47. The van der Waals surface area contributed by atoms with Crippen molar-refractivity contribution in [2.75, 3.05) is 5.32 Å². The second-order valence-corrected chi connectivity index (χ2v) is 7.71. The molecule has 2 atom stereocenters. The molecule has 1 aliphatic rings. The van der Waals surface area contributed by atoms with E-state index in [0.29, 0.717) is 16.3 Å². The Hall–Kier alpha value is -2.33. The minimum absolute atomic E-state index is 0.0636. The maximum atomic E-state index is 12.9. The van der Waals surface area contributed by atoms with Crippen molar-refractivity contribution in [2.45, 2.75) is 51.6 Å². The van der Waals surface area contributed by atoms with Crippen molar-refractivity contribution in [1.82, 2.24) is 4.90 Å². The van der Waals surface area contributed by atoms with Gasteiger partial charge in [0.25, 0.3) is 5.91 Å². The van der Waals surface area contributed by atoms with Crippen molar-refractivity contribution < 1.29 is 9.59 Å². The number of likely N-dealkylation sites (tertiary alicyclic amines) is 1. The summed E-state index contributed by atoms with van der Waals surface area (Å²) in [6, 6.07) is 14.9. The van der Waals surface area contributed by atoms with Crippen molar-refractivity contribution in [3.63, 3.8) is 0 Å². The number of carbonyl (C=O) groups is 2. The average molecular weight is 385 g/mol. The highest BCUT2D eigenvalue weighted by atomic mass is 35.5. The molecule has 1 N–H and O–H groups in total. The minimum atomic E-state index is -0.102. The summed E-state index contributed by atoms with van der Waals surface area (Å²) < 4.78 is 0. The lowest BCUT2D eigenvalue weighted by molar-refractivity contribution is -0.115. The van der Waals surface area contributed by atoms with Gasteiger partial charge in [-0.25, -0.2) is 0 Å². The van der Waals surface area contributed by atoms with E-state index in [1.807, 2.05) is 17.0 Å². The molecule has 0 aromatic heterocycles. The van der Waals surface area contributed by atoms with Crippen molar-refractivity contribution >= 4 is 29.1 Å². The first-order chi connectivity index (χ1) is 12.9. The molecule has 4 nitrogen and oxygen atoms in total. The van der Waals surface area contributed by atoms with Gasteiger partial charge in [-0.3, -0.25) is 9.59 Å². The van der Waals surface area contributed by atoms with Crippen LogP contribution < -0.4 is 5.32 Å². The number of carbonyl (C=O) groups excluding carboxylic acids is 2.